The van der Waals surface area contributed by atoms with Crippen molar-refractivity contribution in [3.05, 3.63) is 71.9 Å². The first-order chi connectivity index (χ1) is 12.1. The highest BCUT2D eigenvalue weighted by Gasteiger charge is 2.15. The molecule has 5 heteroatoms. The summed E-state index contributed by atoms with van der Waals surface area (Å²) in [5, 5.41) is 18.8. The maximum atomic E-state index is 12.1. The smallest absolute Gasteiger partial charge is 0.187 e. The lowest BCUT2D eigenvalue weighted by molar-refractivity contribution is 0.104. The predicted molar refractivity (Wildman–Crippen MR) is 96.5 cm³/mol. The molecule has 3 rings (SSSR count). The molecule has 1 aliphatic heterocycles. The van der Waals surface area contributed by atoms with Gasteiger partial charge in [0, 0.05) is 50.6 Å². The summed E-state index contributed by atoms with van der Waals surface area (Å²) in [4.78, 5) is 16.7. The maximum absolute atomic E-state index is 12.1. The van der Waals surface area contributed by atoms with Gasteiger partial charge in [-0.15, -0.1) is 0 Å². The topological polar surface area (TPSA) is 64.0 Å². The van der Waals surface area contributed by atoms with Crippen molar-refractivity contribution in [3.63, 3.8) is 0 Å². The molecule has 1 fully saturated rings. The highest BCUT2D eigenvalue weighted by atomic mass is 16.3. The molecular weight excluding hydrogens is 316 g/mol. The van der Waals surface area contributed by atoms with E-state index >= 15 is 0 Å². The Bertz CT molecular complexity index is 751. The van der Waals surface area contributed by atoms with Crippen LogP contribution in [0.15, 0.2) is 60.8 Å². The number of carbonyl (C=O) groups is 1. The highest BCUT2D eigenvalue weighted by molar-refractivity contribution is 6.04. The largest absolute Gasteiger partial charge is 0.504 e. The van der Waals surface area contributed by atoms with Gasteiger partial charge in [0.2, 0.25) is 0 Å². The molecule has 0 atom stereocenters. The number of phenols is 2. The Morgan fingerprint density at radius 2 is 1.68 bits per heavy atom. The van der Waals surface area contributed by atoms with Crippen LogP contribution in [-0.4, -0.2) is 52.0 Å². The molecule has 0 amide bonds. The summed E-state index contributed by atoms with van der Waals surface area (Å²) in [6.07, 6.45) is 3.32. The van der Waals surface area contributed by atoms with Gasteiger partial charge in [-0.2, -0.15) is 0 Å². The lowest BCUT2D eigenvalue weighted by Crippen LogP contribution is -2.43. The van der Waals surface area contributed by atoms with Crippen molar-refractivity contribution < 1.29 is 15.0 Å². The van der Waals surface area contributed by atoms with E-state index in [4.69, 9.17) is 0 Å². The molecule has 5 nitrogen and oxygen atoms in total. The minimum Gasteiger partial charge on any atom is -0.504 e. The van der Waals surface area contributed by atoms with Gasteiger partial charge in [0.05, 0.1) is 0 Å². The van der Waals surface area contributed by atoms with Crippen LogP contribution >= 0.6 is 0 Å². The standard InChI is InChI=1S/C20H22N2O3/c23-18(17-6-7-19(24)20(25)14-17)8-9-21-10-12-22(13-11-21)15-16-4-2-1-3-5-16/h1-9,14,24-25H,10-13,15H2/b9-8+. The second kappa shape index (κ2) is 7.85. The summed E-state index contributed by atoms with van der Waals surface area (Å²) in [6, 6.07) is 14.5. The third-order valence-electron chi connectivity index (χ3n) is 4.35. The summed E-state index contributed by atoms with van der Waals surface area (Å²) >= 11 is 0. The Labute approximate surface area is 147 Å². The fourth-order valence-electron chi connectivity index (χ4n) is 2.86. The number of phenolic OH excluding ortho intramolecular Hbond substituents is 2. The first kappa shape index (κ1) is 17.0. The lowest BCUT2D eigenvalue weighted by atomic mass is 10.1. The number of piperazine rings is 1. The van der Waals surface area contributed by atoms with Crippen molar-refractivity contribution in [1.82, 2.24) is 9.80 Å². The third kappa shape index (κ3) is 4.61. The minimum atomic E-state index is -0.284. The van der Waals surface area contributed by atoms with Crippen molar-refractivity contribution in [2.45, 2.75) is 6.54 Å². The summed E-state index contributed by atoms with van der Waals surface area (Å²) < 4.78 is 0. The third-order valence-corrected chi connectivity index (χ3v) is 4.35. The number of aromatic hydroxyl groups is 2. The molecule has 2 aromatic carbocycles. The molecule has 0 spiro atoms. The minimum absolute atomic E-state index is 0.193. The van der Waals surface area contributed by atoms with Crippen LogP contribution in [-0.2, 0) is 6.54 Å². The van der Waals surface area contributed by atoms with Gasteiger partial charge < -0.3 is 15.1 Å². The molecule has 0 aliphatic carbocycles. The molecule has 0 unspecified atom stereocenters. The zero-order valence-corrected chi connectivity index (χ0v) is 14.0. The Hall–Kier alpha value is -2.79. The number of allylic oxidation sites excluding steroid dienone is 1. The van der Waals surface area contributed by atoms with Crippen LogP contribution in [0.25, 0.3) is 0 Å². The van der Waals surface area contributed by atoms with Crippen LogP contribution in [0.1, 0.15) is 15.9 Å². The SMILES string of the molecule is O=C(/C=C/N1CCN(Cc2ccccc2)CC1)c1ccc(O)c(O)c1. The summed E-state index contributed by atoms with van der Waals surface area (Å²) in [5.74, 6) is -0.703. The number of hydrogen-bond donors (Lipinski definition) is 2. The second-order valence-electron chi connectivity index (χ2n) is 6.18. The zero-order valence-electron chi connectivity index (χ0n) is 14.0. The molecule has 0 saturated carbocycles. The van der Waals surface area contributed by atoms with E-state index in [9.17, 15) is 15.0 Å². The normalized spacial score (nSPS) is 15.6. The summed E-state index contributed by atoms with van der Waals surface area (Å²) in [7, 11) is 0. The number of carbonyl (C=O) groups excluding carboxylic acids is 1. The van der Waals surface area contributed by atoms with Gasteiger partial charge in [-0.25, -0.2) is 0 Å². The fraction of sp³-hybridized carbons (Fsp3) is 0.250. The van der Waals surface area contributed by atoms with Crippen molar-refractivity contribution >= 4 is 5.78 Å². The van der Waals surface area contributed by atoms with Crippen LogP contribution in [0.2, 0.25) is 0 Å². The molecule has 25 heavy (non-hydrogen) atoms. The van der Waals surface area contributed by atoms with Crippen LogP contribution < -0.4 is 0 Å². The predicted octanol–water partition coefficient (Wildman–Crippen LogP) is 2.61. The van der Waals surface area contributed by atoms with E-state index in [1.54, 1.807) is 0 Å². The van der Waals surface area contributed by atoms with Gasteiger partial charge in [0.25, 0.3) is 0 Å². The number of nitrogens with zero attached hydrogens (tertiary/aromatic N) is 2. The van der Waals surface area contributed by atoms with Gasteiger partial charge >= 0.3 is 0 Å². The molecule has 0 bridgehead atoms. The monoisotopic (exact) mass is 338 g/mol. The average molecular weight is 338 g/mol. The molecule has 2 N–H and O–H groups in total. The van der Waals surface area contributed by atoms with Gasteiger partial charge in [0.15, 0.2) is 17.3 Å². The fourth-order valence-corrected chi connectivity index (χ4v) is 2.86. The van der Waals surface area contributed by atoms with E-state index < -0.39 is 0 Å². The van der Waals surface area contributed by atoms with Crippen molar-refractivity contribution in [2.75, 3.05) is 26.2 Å². The van der Waals surface area contributed by atoms with E-state index in [-0.39, 0.29) is 17.3 Å². The number of hydrogen-bond acceptors (Lipinski definition) is 5. The highest BCUT2D eigenvalue weighted by Crippen LogP contribution is 2.25. The Balaban J connectivity index is 1.50. The molecule has 2 aromatic rings. The molecular formula is C20H22N2O3. The van der Waals surface area contributed by atoms with Crippen molar-refractivity contribution in [1.29, 1.82) is 0 Å². The van der Waals surface area contributed by atoms with E-state index in [1.807, 2.05) is 12.3 Å². The van der Waals surface area contributed by atoms with Crippen LogP contribution in [0, 0.1) is 0 Å². The molecule has 1 aliphatic rings. The van der Waals surface area contributed by atoms with Crippen molar-refractivity contribution in [2.24, 2.45) is 0 Å². The molecule has 130 valence electrons. The number of benzene rings is 2. The molecule has 0 aromatic heterocycles. The lowest BCUT2D eigenvalue weighted by Gasteiger charge is -2.34. The summed E-state index contributed by atoms with van der Waals surface area (Å²) in [5.41, 5.74) is 1.67. The number of rotatable bonds is 5. The van der Waals surface area contributed by atoms with Crippen LogP contribution in [0.3, 0.4) is 0 Å². The Kier molecular flexibility index (Phi) is 5.36. The second-order valence-corrected chi connectivity index (χ2v) is 6.18. The Morgan fingerprint density at radius 3 is 2.36 bits per heavy atom. The van der Waals surface area contributed by atoms with Gasteiger partial charge in [-0.3, -0.25) is 9.69 Å². The molecule has 1 heterocycles. The first-order valence-electron chi connectivity index (χ1n) is 8.36. The maximum Gasteiger partial charge on any atom is 0.187 e. The van der Waals surface area contributed by atoms with Crippen LogP contribution in [0.4, 0.5) is 0 Å². The van der Waals surface area contributed by atoms with E-state index in [0.717, 1.165) is 32.7 Å². The quantitative estimate of drug-likeness (QED) is 0.498. The zero-order chi connectivity index (χ0) is 17.6. The van der Waals surface area contributed by atoms with Crippen molar-refractivity contribution in [3.8, 4) is 11.5 Å². The van der Waals surface area contributed by atoms with E-state index in [1.165, 1.54) is 29.8 Å². The Morgan fingerprint density at radius 1 is 0.960 bits per heavy atom. The van der Waals surface area contributed by atoms with E-state index in [2.05, 4.69) is 34.1 Å². The first-order valence-corrected chi connectivity index (χ1v) is 8.36. The number of ketones is 1. The average Bonchev–Trinajstić information content (AvgIpc) is 2.64. The summed E-state index contributed by atoms with van der Waals surface area (Å²) in [6.45, 7) is 4.60. The van der Waals surface area contributed by atoms with E-state index in [0.29, 0.717) is 5.56 Å². The van der Waals surface area contributed by atoms with Gasteiger partial charge in [-0.1, -0.05) is 30.3 Å². The van der Waals surface area contributed by atoms with Gasteiger partial charge in [0.1, 0.15) is 0 Å². The molecule has 1 saturated heterocycles. The molecule has 0 radical (unpaired) electrons. The van der Waals surface area contributed by atoms with Gasteiger partial charge in [-0.05, 0) is 23.8 Å². The van der Waals surface area contributed by atoms with Crippen LogP contribution in [0.5, 0.6) is 11.5 Å².